The van der Waals surface area contributed by atoms with Gasteiger partial charge in [0.05, 0.1) is 5.60 Å². The second-order valence-electron chi connectivity index (χ2n) is 4.14. The SMILES string of the molecule is CNN1CCC(C(C)(C)O)CC1. The van der Waals surface area contributed by atoms with Crippen molar-refractivity contribution in [3.05, 3.63) is 0 Å². The monoisotopic (exact) mass is 172 g/mol. The molecule has 3 nitrogen and oxygen atoms in total. The van der Waals surface area contributed by atoms with Gasteiger partial charge in [0, 0.05) is 13.1 Å². The minimum atomic E-state index is -0.500. The molecule has 0 aromatic carbocycles. The molecule has 3 heteroatoms. The summed E-state index contributed by atoms with van der Waals surface area (Å²) in [6, 6.07) is 0. The summed E-state index contributed by atoms with van der Waals surface area (Å²) in [5.74, 6) is 0.460. The van der Waals surface area contributed by atoms with E-state index in [1.54, 1.807) is 0 Å². The zero-order valence-electron chi connectivity index (χ0n) is 8.30. The number of nitrogens with zero attached hydrogens (tertiary/aromatic N) is 1. The molecule has 0 spiro atoms. The van der Waals surface area contributed by atoms with Gasteiger partial charge in [-0.25, -0.2) is 5.01 Å². The molecule has 0 radical (unpaired) electrons. The zero-order valence-corrected chi connectivity index (χ0v) is 8.30. The zero-order chi connectivity index (χ0) is 9.19. The summed E-state index contributed by atoms with van der Waals surface area (Å²) in [5.41, 5.74) is 2.63. The van der Waals surface area contributed by atoms with Crippen LogP contribution in [0.5, 0.6) is 0 Å². The smallest absolute Gasteiger partial charge is 0.0620 e. The standard InChI is InChI=1S/C9H20N2O/c1-9(2,12)8-4-6-11(10-3)7-5-8/h8,10,12H,4-7H2,1-3H3. The summed E-state index contributed by atoms with van der Waals surface area (Å²) in [6.45, 7) is 5.91. The van der Waals surface area contributed by atoms with Crippen LogP contribution in [0.15, 0.2) is 0 Å². The lowest BCUT2D eigenvalue weighted by Crippen LogP contribution is -2.46. The molecule has 1 rings (SSSR count). The molecule has 12 heavy (non-hydrogen) atoms. The number of aliphatic hydroxyl groups is 1. The van der Waals surface area contributed by atoms with Gasteiger partial charge in [-0.3, -0.25) is 5.43 Å². The molecule has 0 bridgehead atoms. The lowest BCUT2D eigenvalue weighted by atomic mass is 9.83. The van der Waals surface area contributed by atoms with Gasteiger partial charge in [-0.05, 0) is 39.7 Å². The van der Waals surface area contributed by atoms with Crippen LogP contribution in [0.4, 0.5) is 0 Å². The Morgan fingerprint density at radius 3 is 2.17 bits per heavy atom. The van der Waals surface area contributed by atoms with E-state index in [9.17, 15) is 5.11 Å². The van der Waals surface area contributed by atoms with Gasteiger partial charge in [0.1, 0.15) is 0 Å². The van der Waals surface area contributed by atoms with Crippen molar-refractivity contribution < 1.29 is 5.11 Å². The average Bonchev–Trinajstić information content (AvgIpc) is 2.03. The van der Waals surface area contributed by atoms with Crippen molar-refractivity contribution in [3.8, 4) is 0 Å². The highest BCUT2D eigenvalue weighted by molar-refractivity contribution is 4.81. The van der Waals surface area contributed by atoms with Gasteiger partial charge in [0.2, 0.25) is 0 Å². The van der Waals surface area contributed by atoms with Gasteiger partial charge >= 0.3 is 0 Å². The van der Waals surface area contributed by atoms with Crippen molar-refractivity contribution in [3.63, 3.8) is 0 Å². The number of hydrazine groups is 1. The Labute approximate surface area is 74.7 Å². The van der Waals surface area contributed by atoms with Crippen molar-refractivity contribution in [1.29, 1.82) is 0 Å². The van der Waals surface area contributed by atoms with E-state index < -0.39 is 5.60 Å². The number of hydrogen-bond donors (Lipinski definition) is 2. The predicted molar refractivity (Wildman–Crippen MR) is 49.7 cm³/mol. The van der Waals surface area contributed by atoms with E-state index in [1.165, 1.54) is 0 Å². The summed E-state index contributed by atoms with van der Waals surface area (Å²) in [7, 11) is 1.95. The van der Waals surface area contributed by atoms with Crippen LogP contribution in [-0.2, 0) is 0 Å². The fraction of sp³-hybridized carbons (Fsp3) is 1.00. The predicted octanol–water partition coefficient (Wildman–Crippen LogP) is 0.604. The summed E-state index contributed by atoms with van der Waals surface area (Å²) < 4.78 is 0. The molecule has 1 heterocycles. The Kier molecular flexibility index (Phi) is 3.09. The molecule has 0 aromatic heterocycles. The number of rotatable bonds is 2. The first-order chi connectivity index (χ1) is 5.54. The number of piperidine rings is 1. The normalized spacial score (nSPS) is 23.0. The fourth-order valence-corrected chi connectivity index (χ4v) is 1.81. The third-order valence-electron chi connectivity index (χ3n) is 2.81. The van der Waals surface area contributed by atoms with Crippen molar-refractivity contribution >= 4 is 0 Å². The van der Waals surface area contributed by atoms with Gasteiger partial charge in [0.25, 0.3) is 0 Å². The third kappa shape index (κ3) is 2.44. The average molecular weight is 172 g/mol. The molecule has 1 aliphatic heterocycles. The molecule has 1 saturated heterocycles. The van der Waals surface area contributed by atoms with Crippen LogP contribution in [0.25, 0.3) is 0 Å². The van der Waals surface area contributed by atoms with Crippen LogP contribution >= 0.6 is 0 Å². The van der Waals surface area contributed by atoms with E-state index in [1.807, 2.05) is 20.9 Å². The van der Waals surface area contributed by atoms with Crippen LogP contribution in [0.3, 0.4) is 0 Å². The Morgan fingerprint density at radius 2 is 1.83 bits per heavy atom. The van der Waals surface area contributed by atoms with E-state index in [2.05, 4.69) is 10.4 Å². The van der Waals surface area contributed by atoms with Crippen molar-refractivity contribution in [2.24, 2.45) is 5.92 Å². The van der Waals surface area contributed by atoms with Crippen molar-refractivity contribution in [2.45, 2.75) is 32.3 Å². The minimum Gasteiger partial charge on any atom is -0.390 e. The molecule has 1 fully saturated rings. The van der Waals surface area contributed by atoms with Crippen LogP contribution in [0, 0.1) is 5.92 Å². The first-order valence-corrected chi connectivity index (χ1v) is 4.68. The summed E-state index contributed by atoms with van der Waals surface area (Å²) in [6.07, 6.45) is 2.18. The molecule has 1 aliphatic rings. The summed E-state index contributed by atoms with van der Waals surface area (Å²) in [4.78, 5) is 0. The number of nitrogens with one attached hydrogen (secondary N) is 1. The highest BCUT2D eigenvalue weighted by Crippen LogP contribution is 2.26. The van der Waals surface area contributed by atoms with E-state index in [4.69, 9.17) is 0 Å². The minimum absolute atomic E-state index is 0.460. The topological polar surface area (TPSA) is 35.5 Å². The fourth-order valence-electron chi connectivity index (χ4n) is 1.81. The maximum Gasteiger partial charge on any atom is 0.0620 e. The first-order valence-electron chi connectivity index (χ1n) is 4.68. The van der Waals surface area contributed by atoms with Crippen molar-refractivity contribution in [1.82, 2.24) is 10.4 Å². The molecule has 0 unspecified atom stereocenters. The quantitative estimate of drug-likeness (QED) is 0.640. The lowest BCUT2D eigenvalue weighted by molar-refractivity contribution is -0.0188. The van der Waals surface area contributed by atoms with E-state index >= 15 is 0 Å². The van der Waals surface area contributed by atoms with Gasteiger partial charge in [-0.15, -0.1) is 0 Å². The summed E-state index contributed by atoms with van der Waals surface area (Å²) in [5, 5.41) is 12.0. The maximum absolute atomic E-state index is 9.76. The van der Waals surface area contributed by atoms with Crippen LogP contribution < -0.4 is 5.43 Å². The molecular weight excluding hydrogens is 152 g/mol. The van der Waals surface area contributed by atoms with E-state index in [0.29, 0.717) is 5.92 Å². The molecule has 2 N–H and O–H groups in total. The second-order valence-corrected chi connectivity index (χ2v) is 4.14. The van der Waals surface area contributed by atoms with Gasteiger partial charge in [-0.2, -0.15) is 0 Å². The Bertz CT molecular complexity index is 134. The molecule has 0 aliphatic carbocycles. The van der Waals surface area contributed by atoms with E-state index in [0.717, 1.165) is 25.9 Å². The first kappa shape index (κ1) is 9.96. The van der Waals surface area contributed by atoms with Crippen LogP contribution in [0.1, 0.15) is 26.7 Å². The molecule has 0 amide bonds. The van der Waals surface area contributed by atoms with Gasteiger partial charge < -0.3 is 5.11 Å². The largest absolute Gasteiger partial charge is 0.390 e. The highest BCUT2D eigenvalue weighted by atomic mass is 16.3. The lowest BCUT2D eigenvalue weighted by Gasteiger charge is -2.37. The number of hydrogen-bond acceptors (Lipinski definition) is 3. The van der Waals surface area contributed by atoms with Gasteiger partial charge in [0.15, 0.2) is 0 Å². The summed E-state index contributed by atoms with van der Waals surface area (Å²) >= 11 is 0. The third-order valence-corrected chi connectivity index (χ3v) is 2.81. The molecular formula is C9H20N2O. The van der Waals surface area contributed by atoms with Crippen molar-refractivity contribution in [2.75, 3.05) is 20.1 Å². The van der Waals surface area contributed by atoms with Gasteiger partial charge in [-0.1, -0.05) is 0 Å². The van der Waals surface area contributed by atoms with E-state index in [-0.39, 0.29) is 0 Å². The second kappa shape index (κ2) is 3.73. The Morgan fingerprint density at radius 1 is 1.33 bits per heavy atom. The molecule has 72 valence electrons. The molecule has 0 saturated carbocycles. The van der Waals surface area contributed by atoms with Crippen LogP contribution in [0.2, 0.25) is 0 Å². The maximum atomic E-state index is 9.76. The Balaban J connectivity index is 2.36. The Hall–Kier alpha value is -0.120. The van der Waals surface area contributed by atoms with Crippen LogP contribution in [-0.4, -0.2) is 35.9 Å². The highest BCUT2D eigenvalue weighted by Gasteiger charge is 2.29. The molecule has 0 aromatic rings. The molecule has 0 atom stereocenters.